The van der Waals surface area contributed by atoms with Gasteiger partial charge in [-0.2, -0.15) is 0 Å². The first-order chi connectivity index (χ1) is 10.5. The first-order valence-corrected chi connectivity index (χ1v) is 7.56. The number of benzene rings is 1. The van der Waals surface area contributed by atoms with Crippen molar-refractivity contribution >= 4 is 17.5 Å². The second kappa shape index (κ2) is 5.68. The van der Waals surface area contributed by atoms with Crippen molar-refractivity contribution in [3.05, 3.63) is 30.1 Å². The molecular weight excluding hydrogens is 285 g/mol. The molecule has 118 valence electrons. The van der Waals surface area contributed by atoms with Crippen molar-refractivity contribution in [1.82, 2.24) is 9.80 Å². The molecule has 1 saturated heterocycles. The molecule has 0 spiro atoms. The van der Waals surface area contributed by atoms with Crippen LogP contribution < -0.4 is 5.32 Å². The van der Waals surface area contributed by atoms with Gasteiger partial charge in [0.15, 0.2) is 0 Å². The molecule has 0 unspecified atom stereocenters. The van der Waals surface area contributed by atoms with Crippen LogP contribution in [-0.4, -0.2) is 54.8 Å². The summed E-state index contributed by atoms with van der Waals surface area (Å²) in [5.74, 6) is -0.815. The number of amides is 2. The average molecular weight is 305 g/mol. The van der Waals surface area contributed by atoms with Gasteiger partial charge in [-0.25, -0.2) is 4.39 Å². The zero-order valence-corrected chi connectivity index (χ0v) is 12.6. The minimum absolute atomic E-state index is 0.0884. The predicted octanol–water partition coefficient (Wildman–Crippen LogP) is 1.32. The minimum atomic E-state index is -0.942. The highest BCUT2D eigenvalue weighted by Gasteiger charge is 2.58. The average Bonchev–Trinajstić information content (AvgIpc) is 3.29. The van der Waals surface area contributed by atoms with E-state index in [-0.39, 0.29) is 11.8 Å². The summed E-state index contributed by atoms with van der Waals surface area (Å²) in [7, 11) is 2.02. The molecule has 6 heteroatoms. The molecule has 1 aromatic carbocycles. The monoisotopic (exact) mass is 305 g/mol. The van der Waals surface area contributed by atoms with Crippen LogP contribution in [0.3, 0.4) is 0 Å². The standard InChI is InChI=1S/C16H20FN3O2/c1-19-7-9-20(10-8-19)15(22)16(5-6-16)14(21)18-13-4-2-3-12(17)11-13/h2-4,11H,5-10H2,1H3,(H,18,21). The number of piperazine rings is 1. The van der Waals surface area contributed by atoms with E-state index in [0.29, 0.717) is 31.6 Å². The first-order valence-electron chi connectivity index (χ1n) is 7.56. The molecule has 2 amide bonds. The number of nitrogens with zero attached hydrogens (tertiary/aromatic N) is 2. The number of hydrogen-bond donors (Lipinski definition) is 1. The summed E-state index contributed by atoms with van der Waals surface area (Å²) in [6, 6.07) is 5.73. The largest absolute Gasteiger partial charge is 0.339 e. The van der Waals surface area contributed by atoms with Crippen molar-refractivity contribution in [1.29, 1.82) is 0 Å². The van der Waals surface area contributed by atoms with Gasteiger partial charge in [-0.1, -0.05) is 6.07 Å². The summed E-state index contributed by atoms with van der Waals surface area (Å²) in [5, 5.41) is 2.68. The topological polar surface area (TPSA) is 52.7 Å². The van der Waals surface area contributed by atoms with Gasteiger partial charge in [-0.15, -0.1) is 0 Å². The molecule has 1 aromatic rings. The maximum absolute atomic E-state index is 13.2. The van der Waals surface area contributed by atoms with E-state index in [1.54, 1.807) is 11.0 Å². The van der Waals surface area contributed by atoms with E-state index < -0.39 is 11.2 Å². The van der Waals surface area contributed by atoms with E-state index in [1.165, 1.54) is 18.2 Å². The molecule has 1 saturated carbocycles. The molecule has 0 atom stereocenters. The summed E-state index contributed by atoms with van der Waals surface area (Å²) in [5.41, 5.74) is -0.551. The molecular formula is C16H20FN3O2. The summed E-state index contributed by atoms with van der Waals surface area (Å²) in [6.07, 6.45) is 1.14. The van der Waals surface area contributed by atoms with Crippen LogP contribution in [0.5, 0.6) is 0 Å². The van der Waals surface area contributed by atoms with Crippen LogP contribution in [0.4, 0.5) is 10.1 Å². The van der Waals surface area contributed by atoms with Crippen LogP contribution in [-0.2, 0) is 9.59 Å². The fourth-order valence-electron chi connectivity index (χ4n) is 2.79. The van der Waals surface area contributed by atoms with Gasteiger partial charge in [0.25, 0.3) is 0 Å². The van der Waals surface area contributed by atoms with Crippen molar-refractivity contribution in [2.24, 2.45) is 5.41 Å². The smallest absolute Gasteiger partial charge is 0.240 e. The van der Waals surface area contributed by atoms with E-state index in [1.807, 2.05) is 7.05 Å². The Balaban J connectivity index is 1.67. The van der Waals surface area contributed by atoms with Crippen molar-refractivity contribution in [2.45, 2.75) is 12.8 Å². The number of anilines is 1. The Hall–Kier alpha value is -1.95. The zero-order valence-electron chi connectivity index (χ0n) is 12.6. The Morgan fingerprint density at radius 1 is 1.18 bits per heavy atom. The summed E-state index contributed by atoms with van der Waals surface area (Å²) in [4.78, 5) is 29.1. The van der Waals surface area contributed by atoms with Gasteiger partial charge in [0.1, 0.15) is 11.2 Å². The van der Waals surface area contributed by atoms with Crippen LogP contribution in [0.25, 0.3) is 0 Å². The van der Waals surface area contributed by atoms with Gasteiger partial charge in [-0.3, -0.25) is 9.59 Å². The molecule has 0 bridgehead atoms. The number of hydrogen-bond acceptors (Lipinski definition) is 3. The molecule has 3 rings (SSSR count). The maximum Gasteiger partial charge on any atom is 0.240 e. The van der Waals surface area contributed by atoms with Gasteiger partial charge in [0, 0.05) is 31.9 Å². The fourth-order valence-corrected chi connectivity index (χ4v) is 2.79. The maximum atomic E-state index is 13.2. The SMILES string of the molecule is CN1CCN(C(=O)C2(C(=O)Nc3cccc(F)c3)CC2)CC1. The van der Waals surface area contributed by atoms with Crippen molar-refractivity contribution in [2.75, 3.05) is 38.5 Å². The fraction of sp³-hybridized carbons (Fsp3) is 0.500. The highest BCUT2D eigenvalue weighted by Crippen LogP contribution is 2.48. The van der Waals surface area contributed by atoms with Crippen LogP contribution >= 0.6 is 0 Å². The van der Waals surface area contributed by atoms with E-state index in [9.17, 15) is 14.0 Å². The Bertz CT molecular complexity index is 593. The van der Waals surface area contributed by atoms with Crippen molar-refractivity contribution in [3.8, 4) is 0 Å². The molecule has 2 fully saturated rings. The highest BCUT2D eigenvalue weighted by molar-refractivity contribution is 6.13. The molecule has 1 aliphatic heterocycles. The van der Waals surface area contributed by atoms with Crippen LogP contribution in [0.1, 0.15) is 12.8 Å². The number of carbonyl (C=O) groups is 2. The summed E-state index contributed by atoms with van der Waals surface area (Å²) < 4.78 is 13.2. The number of likely N-dealkylation sites (N-methyl/N-ethyl adjacent to an activating group) is 1. The third-order valence-corrected chi connectivity index (χ3v) is 4.47. The van der Waals surface area contributed by atoms with Gasteiger partial charge < -0.3 is 15.1 Å². The molecule has 0 aromatic heterocycles. The van der Waals surface area contributed by atoms with Crippen LogP contribution in [0, 0.1) is 11.2 Å². The Morgan fingerprint density at radius 2 is 1.86 bits per heavy atom. The lowest BCUT2D eigenvalue weighted by Crippen LogP contribution is -2.51. The predicted molar refractivity (Wildman–Crippen MR) is 80.8 cm³/mol. The number of rotatable bonds is 3. The number of carbonyl (C=O) groups excluding carboxylic acids is 2. The van der Waals surface area contributed by atoms with E-state index >= 15 is 0 Å². The first kappa shape index (κ1) is 15.0. The lowest BCUT2D eigenvalue weighted by molar-refractivity contribution is -0.143. The van der Waals surface area contributed by atoms with Crippen molar-refractivity contribution in [3.63, 3.8) is 0 Å². The quantitative estimate of drug-likeness (QED) is 0.857. The Labute approximate surface area is 129 Å². The van der Waals surface area contributed by atoms with Gasteiger partial charge >= 0.3 is 0 Å². The summed E-state index contributed by atoms with van der Waals surface area (Å²) >= 11 is 0. The molecule has 2 aliphatic rings. The number of halogens is 1. The Kier molecular flexibility index (Phi) is 3.87. The van der Waals surface area contributed by atoms with Crippen molar-refractivity contribution < 1.29 is 14.0 Å². The van der Waals surface area contributed by atoms with E-state index in [0.717, 1.165) is 13.1 Å². The van der Waals surface area contributed by atoms with Crippen LogP contribution in [0.2, 0.25) is 0 Å². The molecule has 5 nitrogen and oxygen atoms in total. The minimum Gasteiger partial charge on any atom is -0.339 e. The van der Waals surface area contributed by atoms with Gasteiger partial charge in [-0.05, 0) is 38.1 Å². The summed E-state index contributed by atoms with van der Waals surface area (Å²) in [6.45, 7) is 2.97. The molecule has 1 aliphatic carbocycles. The number of nitrogens with one attached hydrogen (secondary N) is 1. The molecule has 1 N–H and O–H groups in total. The molecule has 0 radical (unpaired) electrons. The van der Waals surface area contributed by atoms with E-state index in [4.69, 9.17) is 0 Å². The lowest BCUT2D eigenvalue weighted by atomic mass is 10.0. The second-order valence-electron chi connectivity index (χ2n) is 6.14. The van der Waals surface area contributed by atoms with E-state index in [2.05, 4.69) is 10.2 Å². The second-order valence-corrected chi connectivity index (χ2v) is 6.14. The lowest BCUT2D eigenvalue weighted by Gasteiger charge is -2.34. The highest BCUT2D eigenvalue weighted by atomic mass is 19.1. The normalized spacial score (nSPS) is 20.5. The third kappa shape index (κ3) is 2.83. The molecule has 1 heterocycles. The van der Waals surface area contributed by atoms with Crippen LogP contribution in [0.15, 0.2) is 24.3 Å². The third-order valence-electron chi connectivity index (χ3n) is 4.47. The van der Waals surface area contributed by atoms with Gasteiger partial charge in [0.2, 0.25) is 11.8 Å². The Morgan fingerprint density at radius 3 is 2.45 bits per heavy atom. The molecule has 22 heavy (non-hydrogen) atoms. The zero-order chi connectivity index (χ0) is 15.7. The van der Waals surface area contributed by atoms with Gasteiger partial charge in [0.05, 0.1) is 0 Å².